The fourth-order valence-corrected chi connectivity index (χ4v) is 3.08. The van der Waals surface area contributed by atoms with Gasteiger partial charge in [-0.3, -0.25) is 0 Å². The zero-order valence-electron chi connectivity index (χ0n) is 11.0. The highest BCUT2D eigenvalue weighted by atomic mass is 35.5. The summed E-state index contributed by atoms with van der Waals surface area (Å²) in [5.41, 5.74) is 0. The normalized spacial score (nSPS) is 24.4. The third-order valence-corrected chi connectivity index (χ3v) is 4.33. The van der Waals surface area contributed by atoms with E-state index < -0.39 is 0 Å². The van der Waals surface area contributed by atoms with Gasteiger partial charge in [0, 0.05) is 6.54 Å². The molecule has 106 valence electrons. The molecule has 0 spiro atoms. The van der Waals surface area contributed by atoms with Gasteiger partial charge < -0.3 is 15.7 Å². The maximum atomic E-state index is 9.39. The molecule has 0 radical (unpaired) electrons. The van der Waals surface area contributed by atoms with Crippen molar-refractivity contribution in [1.29, 1.82) is 0 Å². The van der Waals surface area contributed by atoms with Crippen LogP contribution in [-0.4, -0.2) is 22.8 Å². The summed E-state index contributed by atoms with van der Waals surface area (Å²) in [4.78, 5) is 0. The van der Waals surface area contributed by atoms with E-state index in [9.17, 15) is 5.11 Å². The van der Waals surface area contributed by atoms with Gasteiger partial charge in [-0.05, 0) is 49.6 Å². The van der Waals surface area contributed by atoms with Crippen molar-refractivity contribution < 1.29 is 5.11 Å². The number of nitrogens with one attached hydrogen (secondary N) is 2. The highest BCUT2D eigenvalue weighted by Crippen LogP contribution is 2.23. The molecule has 1 saturated carbocycles. The smallest absolute Gasteiger partial charge is 0.166 e. The molecular formula is C14H21ClN2OS. The second-order valence-electron chi connectivity index (χ2n) is 5.30. The molecule has 1 fully saturated rings. The van der Waals surface area contributed by atoms with Gasteiger partial charge in [0.25, 0.3) is 0 Å². The predicted octanol–water partition coefficient (Wildman–Crippen LogP) is 3.37. The Kier molecular flexibility index (Phi) is 5.52. The summed E-state index contributed by atoms with van der Waals surface area (Å²) in [7, 11) is 0. The first-order chi connectivity index (χ1) is 9.15. The van der Waals surface area contributed by atoms with E-state index in [1.165, 1.54) is 32.1 Å². The van der Waals surface area contributed by atoms with Gasteiger partial charge in [-0.15, -0.1) is 0 Å². The van der Waals surface area contributed by atoms with Crippen molar-refractivity contribution in [1.82, 2.24) is 10.6 Å². The summed E-state index contributed by atoms with van der Waals surface area (Å²) < 4.78 is 0. The monoisotopic (exact) mass is 300 g/mol. The van der Waals surface area contributed by atoms with E-state index in [1.807, 2.05) is 0 Å². The summed E-state index contributed by atoms with van der Waals surface area (Å²) in [6.07, 6.45) is 10.9. The molecule has 0 aromatic carbocycles. The van der Waals surface area contributed by atoms with Crippen LogP contribution in [0.3, 0.4) is 0 Å². The first-order valence-corrected chi connectivity index (χ1v) is 7.75. The maximum Gasteiger partial charge on any atom is 0.166 e. The van der Waals surface area contributed by atoms with Crippen molar-refractivity contribution >= 4 is 28.9 Å². The van der Waals surface area contributed by atoms with Gasteiger partial charge in [0.05, 0.1) is 11.1 Å². The van der Waals surface area contributed by atoms with E-state index >= 15 is 0 Å². The quantitative estimate of drug-likeness (QED) is 0.699. The van der Waals surface area contributed by atoms with Crippen LogP contribution in [-0.2, 0) is 0 Å². The summed E-state index contributed by atoms with van der Waals surface area (Å²) in [5.74, 6) is 0.906. The van der Waals surface area contributed by atoms with Crippen LogP contribution in [0.25, 0.3) is 0 Å². The predicted molar refractivity (Wildman–Crippen MR) is 83.4 cm³/mol. The molecule has 5 heteroatoms. The Hall–Kier alpha value is -0.740. The molecule has 0 aromatic heterocycles. The lowest BCUT2D eigenvalue weighted by Gasteiger charge is -2.24. The van der Waals surface area contributed by atoms with Crippen LogP contribution in [0.2, 0.25) is 0 Å². The molecular weight excluding hydrogens is 280 g/mol. The Morgan fingerprint density at radius 3 is 2.79 bits per heavy atom. The maximum absolute atomic E-state index is 9.39. The molecule has 2 rings (SSSR count). The van der Waals surface area contributed by atoms with Crippen LogP contribution in [0.5, 0.6) is 0 Å². The average molecular weight is 301 g/mol. The Balaban J connectivity index is 1.70. The number of rotatable bonds is 3. The van der Waals surface area contributed by atoms with Crippen molar-refractivity contribution in [2.45, 2.75) is 44.6 Å². The van der Waals surface area contributed by atoms with E-state index in [1.54, 1.807) is 12.2 Å². The second kappa shape index (κ2) is 7.15. The van der Waals surface area contributed by atoms with Crippen LogP contribution in [0.4, 0.5) is 0 Å². The van der Waals surface area contributed by atoms with Gasteiger partial charge in [0.2, 0.25) is 0 Å². The van der Waals surface area contributed by atoms with Crippen LogP contribution in [0.1, 0.15) is 38.5 Å². The molecule has 1 unspecified atom stereocenters. The summed E-state index contributed by atoms with van der Waals surface area (Å²) in [5, 5.41) is 17.0. The molecule has 1 atom stereocenters. The van der Waals surface area contributed by atoms with E-state index in [0.717, 1.165) is 12.5 Å². The summed E-state index contributed by atoms with van der Waals surface area (Å²) in [6.45, 7) is 0.955. The minimum absolute atomic E-state index is 0.0646. The number of hydrogen-bond acceptors (Lipinski definition) is 2. The van der Waals surface area contributed by atoms with Crippen LogP contribution in [0, 0.1) is 5.92 Å². The van der Waals surface area contributed by atoms with Gasteiger partial charge in [-0.2, -0.15) is 0 Å². The van der Waals surface area contributed by atoms with Crippen molar-refractivity contribution in [3.8, 4) is 0 Å². The molecule has 0 aromatic rings. The van der Waals surface area contributed by atoms with Crippen LogP contribution >= 0.6 is 23.8 Å². The number of halogens is 1. The molecule has 3 nitrogen and oxygen atoms in total. The van der Waals surface area contributed by atoms with Gasteiger partial charge in [0.1, 0.15) is 5.76 Å². The van der Waals surface area contributed by atoms with Crippen molar-refractivity contribution in [3.05, 3.63) is 22.9 Å². The van der Waals surface area contributed by atoms with Crippen LogP contribution in [0.15, 0.2) is 22.9 Å². The lowest BCUT2D eigenvalue weighted by Crippen LogP contribution is -2.43. The number of thiocarbonyl (C=S) groups is 1. The molecule has 0 bridgehead atoms. The van der Waals surface area contributed by atoms with Crippen molar-refractivity contribution in [2.24, 2.45) is 5.92 Å². The van der Waals surface area contributed by atoms with E-state index in [2.05, 4.69) is 10.6 Å². The number of hydrogen-bond donors (Lipinski definition) is 3. The molecule has 0 amide bonds. The largest absolute Gasteiger partial charge is 0.507 e. The third-order valence-electron chi connectivity index (χ3n) is 3.75. The van der Waals surface area contributed by atoms with Gasteiger partial charge >= 0.3 is 0 Å². The number of aliphatic hydroxyl groups is 1. The Bertz CT molecular complexity index is 389. The SMILES string of the molecule is OC1=CCC(NC(=S)NCC2CCCCC2)C=C1Cl. The zero-order chi connectivity index (χ0) is 13.7. The topological polar surface area (TPSA) is 44.3 Å². The molecule has 0 saturated heterocycles. The lowest BCUT2D eigenvalue weighted by atomic mass is 9.89. The molecule has 2 aliphatic rings. The van der Waals surface area contributed by atoms with Gasteiger partial charge in [-0.25, -0.2) is 0 Å². The number of aliphatic hydroxyl groups excluding tert-OH is 1. The van der Waals surface area contributed by atoms with E-state index in [4.69, 9.17) is 23.8 Å². The average Bonchev–Trinajstić information content (AvgIpc) is 2.42. The highest BCUT2D eigenvalue weighted by molar-refractivity contribution is 7.80. The number of allylic oxidation sites excluding steroid dienone is 1. The molecule has 19 heavy (non-hydrogen) atoms. The van der Waals surface area contributed by atoms with E-state index in [0.29, 0.717) is 16.6 Å². The van der Waals surface area contributed by atoms with Gasteiger partial charge in [-0.1, -0.05) is 30.9 Å². The van der Waals surface area contributed by atoms with Gasteiger partial charge in [0.15, 0.2) is 5.11 Å². The lowest BCUT2D eigenvalue weighted by molar-refractivity contribution is 0.356. The Morgan fingerprint density at radius 2 is 2.11 bits per heavy atom. The Labute approximate surface area is 125 Å². The summed E-state index contributed by atoms with van der Waals surface area (Å²) >= 11 is 11.2. The van der Waals surface area contributed by atoms with E-state index in [-0.39, 0.29) is 11.8 Å². The highest BCUT2D eigenvalue weighted by Gasteiger charge is 2.16. The zero-order valence-corrected chi connectivity index (χ0v) is 12.6. The second-order valence-corrected chi connectivity index (χ2v) is 6.12. The summed E-state index contributed by atoms with van der Waals surface area (Å²) in [6, 6.07) is 0.0646. The molecule has 2 aliphatic carbocycles. The fraction of sp³-hybridized carbons (Fsp3) is 0.643. The first kappa shape index (κ1) is 14.7. The van der Waals surface area contributed by atoms with Crippen LogP contribution < -0.4 is 10.6 Å². The van der Waals surface area contributed by atoms with Crippen molar-refractivity contribution in [3.63, 3.8) is 0 Å². The minimum Gasteiger partial charge on any atom is -0.507 e. The molecule has 3 N–H and O–H groups in total. The van der Waals surface area contributed by atoms with Crippen molar-refractivity contribution in [2.75, 3.05) is 6.54 Å². The Morgan fingerprint density at radius 1 is 1.37 bits per heavy atom. The minimum atomic E-state index is 0.0646. The molecule has 0 heterocycles. The fourth-order valence-electron chi connectivity index (χ4n) is 2.61. The third kappa shape index (κ3) is 4.69. The first-order valence-electron chi connectivity index (χ1n) is 6.96. The standard InChI is InChI=1S/C14H21ClN2OS/c15-12-8-11(6-7-13(12)18)17-14(19)16-9-10-4-2-1-3-5-10/h7-8,10-11,18H,1-6,9H2,(H2,16,17,19). The molecule has 0 aliphatic heterocycles.